The molecule has 5 nitrogen and oxygen atoms in total. The zero-order valence-corrected chi connectivity index (χ0v) is 13.8. The van der Waals surface area contributed by atoms with Crippen LogP contribution in [0.25, 0.3) is 0 Å². The lowest BCUT2D eigenvalue weighted by atomic mass is 9.83. The van der Waals surface area contributed by atoms with Gasteiger partial charge in [0, 0.05) is 7.05 Å². The fourth-order valence-electron chi connectivity index (χ4n) is 2.66. The number of ether oxygens (including phenoxy) is 1. The highest BCUT2D eigenvalue weighted by atomic mass is 31.1. The van der Waals surface area contributed by atoms with Crippen LogP contribution >= 0.6 is 8.69 Å². The van der Waals surface area contributed by atoms with E-state index in [-0.39, 0.29) is 27.4 Å². The van der Waals surface area contributed by atoms with Gasteiger partial charge in [-0.3, -0.25) is 4.52 Å². The fourth-order valence-corrected chi connectivity index (χ4v) is 2.87. The zero-order valence-electron chi connectivity index (χ0n) is 12.9. The van der Waals surface area contributed by atoms with E-state index < -0.39 is 5.60 Å². The van der Waals surface area contributed by atoms with Crippen molar-refractivity contribution in [2.24, 2.45) is 5.92 Å². The van der Waals surface area contributed by atoms with E-state index in [4.69, 9.17) is 9.26 Å². The first-order valence-electron chi connectivity index (χ1n) is 7.25. The molecule has 1 rings (SSSR count). The predicted molar refractivity (Wildman–Crippen MR) is 77.9 cm³/mol. The van der Waals surface area contributed by atoms with Crippen molar-refractivity contribution < 1.29 is 18.6 Å². The summed E-state index contributed by atoms with van der Waals surface area (Å²) >= 11 is 0. The number of carbonyl (C=O) groups excluding carboxylic acids is 1. The summed E-state index contributed by atoms with van der Waals surface area (Å²) in [5.41, 5.74) is -0.514. The highest BCUT2D eigenvalue weighted by molar-refractivity contribution is 7.17. The second-order valence-corrected chi connectivity index (χ2v) is 6.83. The Balaban J connectivity index is 2.69. The minimum Gasteiger partial charge on any atom is -0.444 e. The number of amides is 1. The van der Waals surface area contributed by atoms with Crippen LogP contribution in [0.4, 0.5) is 4.79 Å². The quantitative estimate of drug-likeness (QED) is 0.720. The average molecular weight is 303 g/mol. The van der Waals surface area contributed by atoms with Crippen molar-refractivity contribution in [2.45, 2.75) is 64.5 Å². The van der Waals surface area contributed by atoms with Gasteiger partial charge in [-0.15, -0.1) is 0 Å². The summed E-state index contributed by atoms with van der Waals surface area (Å²) in [6.45, 7) is 5.83. The normalized spacial score (nSPS) is 18.8. The number of rotatable bonds is 5. The minimum absolute atomic E-state index is 0.0772. The molecule has 1 aliphatic rings. The smallest absolute Gasteiger partial charge is 0.410 e. The van der Waals surface area contributed by atoms with Crippen molar-refractivity contribution in [3.8, 4) is 0 Å². The molecular formula is C14H26NO4P. The molecule has 0 heterocycles. The molecule has 0 N–H and O–H groups in total. The Morgan fingerprint density at radius 1 is 1.30 bits per heavy atom. The van der Waals surface area contributed by atoms with E-state index in [1.54, 1.807) is 11.9 Å². The van der Waals surface area contributed by atoms with Crippen LogP contribution in [0.15, 0.2) is 0 Å². The van der Waals surface area contributed by atoms with Crippen molar-refractivity contribution >= 4 is 14.8 Å². The van der Waals surface area contributed by atoms with Crippen LogP contribution in [-0.2, 0) is 13.8 Å². The number of nitrogens with zero attached hydrogens (tertiary/aromatic N) is 1. The second-order valence-electron chi connectivity index (χ2n) is 6.43. The van der Waals surface area contributed by atoms with Crippen LogP contribution in [0.5, 0.6) is 0 Å². The molecule has 1 atom stereocenters. The molecule has 1 amide bonds. The molecule has 0 aromatic heterocycles. The van der Waals surface area contributed by atoms with E-state index >= 15 is 0 Å². The molecule has 0 saturated heterocycles. The lowest BCUT2D eigenvalue weighted by Gasteiger charge is -2.36. The van der Waals surface area contributed by atoms with Gasteiger partial charge in [-0.1, -0.05) is 19.3 Å². The Labute approximate surface area is 123 Å². The summed E-state index contributed by atoms with van der Waals surface area (Å²) in [6.07, 6.45) is 5.42. The van der Waals surface area contributed by atoms with E-state index in [0.717, 1.165) is 12.8 Å². The Bertz CT molecular complexity index is 324. The van der Waals surface area contributed by atoms with E-state index in [1.165, 1.54) is 19.3 Å². The maximum absolute atomic E-state index is 12.2. The molecular weight excluding hydrogens is 277 g/mol. The molecule has 0 spiro atoms. The summed E-state index contributed by atoms with van der Waals surface area (Å²) in [5, 5.41) is 0. The van der Waals surface area contributed by atoms with Crippen molar-refractivity contribution in [3.63, 3.8) is 0 Å². The van der Waals surface area contributed by atoms with Crippen LogP contribution in [0.3, 0.4) is 0 Å². The van der Waals surface area contributed by atoms with Gasteiger partial charge in [0.05, 0.1) is 12.6 Å². The number of hydrogen-bond donors (Lipinski definition) is 0. The Hall–Kier alpha value is -0.670. The third kappa shape index (κ3) is 5.76. The maximum atomic E-state index is 12.2. The third-order valence-corrected chi connectivity index (χ3v) is 3.93. The molecule has 1 aliphatic carbocycles. The first-order valence-corrected chi connectivity index (χ1v) is 7.98. The van der Waals surface area contributed by atoms with Gasteiger partial charge in [0.2, 0.25) is 0 Å². The van der Waals surface area contributed by atoms with Gasteiger partial charge in [-0.2, -0.15) is 0 Å². The first kappa shape index (κ1) is 17.4. The zero-order chi connectivity index (χ0) is 15.2. The van der Waals surface area contributed by atoms with Crippen LogP contribution < -0.4 is 0 Å². The Kier molecular flexibility index (Phi) is 6.90. The third-order valence-electron chi connectivity index (χ3n) is 3.67. The van der Waals surface area contributed by atoms with Gasteiger partial charge in [-0.05, 0) is 39.5 Å². The lowest BCUT2D eigenvalue weighted by Crippen LogP contribution is -2.47. The molecule has 6 heteroatoms. The number of carbonyl (C=O) groups is 1. The monoisotopic (exact) mass is 303 g/mol. The van der Waals surface area contributed by atoms with Crippen molar-refractivity contribution in [1.29, 1.82) is 0 Å². The lowest BCUT2D eigenvalue weighted by molar-refractivity contribution is 0.00756. The van der Waals surface area contributed by atoms with Gasteiger partial charge < -0.3 is 9.64 Å². The highest BCUT2D eigenvalue weighted by Crippen LogP contribution is 2.30. The molecule has 1 saturated carbocycles. The van der Waals surface area contributed by atoms with E-state index in [0.29, 0.717) is 5.92 Å². The summed E-state index contributed by atoms with van der Waals surface area (Å²) in [4.78, 5) is 13.8. The molecule has 1 fully saturated rings. The molecule has 116 valence electrons. The minimum atomic E-state index is -0.514. The second kappa shape index (κ2) is 7.94. The van der Waals surface area contributed by atoms with Crippen LogP contribution in [0, 0.1) is 5.92 Å². The average Bonchev–Trinajstić information content (AvgIpc) is 2.38. The number of likely N-dealkylation sites (N-methyl/N-ethyl adjacent to an activating group) is 1. The first-order chi connectivity index (χ1) is 9.35. The van der Waals surface area contributed by atoms with Crippen molar-refractivity contribution in [1.82, 2.24) is 4.90 Å². The largest absolute Gasteiger partial charge is 0.444 e. The van der Waals surface area contributed by atoms with Crippen molar-refractivity contribution in [3.05, 3.63) is 0 Å². The highest BCUT2D eigenvalue weighted by Gasteiger charge is 2.32. The summed E-state index contributed by atoms with van der Waals surface area (Å²) < 4.78 is 21.0. The molecule has 0 radical (unpaired) electrons. The van der Waals surface area contributed by atoms with Crippen LogP contribution in [-0.4, -0.2) is 36.3 Å². The van der Waals surface area contributed by atoms with Crippen molar-refractivity contribution in [2.75, 3.05) is 13.7 Å². The predicted octanol–water partition coefficient (Wildman–Crippen LogP) is 4.03. The molecule has 0 bridgehead atoms. The molecule has 0 aromatic rings. The van der Waals surface area contributed by atoms with Gasteiger partial charge in [0.1, 0.15) is 5.60 Å². The van der Waals surface area contributed by atoms with E-state index in [9.17, 15) is 9.36 Å². The Morgan fingerprint density at radius 3 is 2.40 bits per heavy atom. The fraction of sp³-hybridized carbons (Fsp3) is 0.929. The summed E-state index contributed by atoms with van der Waals surface area (Å²) in [6, 6.07) is -0.0772. The molecule has 0 aromatic carbocycles. The molecule has 1 unspecified atom stereocenters. The van der Waals surface area contributed by atoms with Gasteiger partial charge in [0.15, 0.2) is 0 Å². The van der Waals surface area contributed by atoms with Gasteiger partial charge in [-0.25, -0.2) is 9.36 Å². The maximum Gasteiger partial charge on any atom is 0.410 e. The SMILES string of the molecule is CN(C(=O)OC(C)(C)C)C(COP=O)C1CCCCC1. The van der Waals surface area contributed by atoms with E-state index in [1.807, 2.05) is 20.8 Å². The van der Waals surface area contributed by atoms with Gasteiger partial charge in [0.25, 0.3) is 0 Å². The molecule has 0 aliphatic heterocycles. The van der Waals surface area contributed by atoms with Crippen LogP contribution in [0.2, 0.25) is 0 Å². The Morgan fingerprint density at radius 2 is 1.90 bits per heavy atom. The topological polar surface area (TPSA) is 55.8 Å². The molecule has 20 heavy (non-hydrogen) atoms. The summed E-state index contributed by atoms with van der Waals surface area (Å²) in [7, 11) is 1.39. The van der Waals surface area contributed by atoms with Gasteiger partial charge >= 0.3 is 14.8 Å². The van der Waals surface area contributed by atoms with Crippen LogP contribution in [0.1, 0.15) is 52.9 Å². The standard InChI is InChI=1S/C14H26NO4P/c1-14(2,3)19-13(16)15(4)12(10-18-20-17)11-8-6-5-7-9-11/h11-12H,5-10H2,1-4H3. The van der Waals surface area contributed by atoms with E-state index in [2.05, 4.69) is 0 Å². The number of hydrogen-bond acceptors (Lipinski definition) is 4. The summed E-state index contributed by atoms with van der Waals surface area (Å²) in [5.74, 6) is 0.392.